The van der Waals surface area contributed by atoms with E-state index in [0.717, 1.165) is 44.7 Å². The van der Waals surface area contributed by atoms with Crippen LogP contribution in [0.1, 0.15) is 31.9 Å². The quantitative estimate of drug-likeness (QED) is 0.716. The van der Waals surface area contributed by atoms with Crippen LogP contribution >= 0.6 is 0 Å². The van der Waals surface area contributed by atoms with E-state index in [1.54, 1.807) is 12.1 Å². The van der Waals surface area contributed by atoms with Crippen LogP contribution in [0.15, 0.2) is 24.3 Å². The molecule has 1 atom stereocenters. The Bertz CT molecular complexity index is 395. The van der Waals surface area contributed by atoms with Crippen LogP contribution in [0.25, 0.3) is 0 Å². The van der Waals surface area contributed by atoms with Gasteiger partial charge in [0.25, 0.3) is 0 Å². The number of nitrogens with zero attached hydrogens (tertiary/aromatic N) is 2. The number of benzene rings is 1. The molecule has 0 amide bonds. The summed E-state index contributed by atoms with van der Waals surface area (Å²) in [7, 11) is 4.19. The smallest absolute Gasteiger partial charge is 0.128 e. The molecular weight excluding hydrogens is 265 g/mol. The highest BCUT2D eigenvalue weighted by atomic mass is 19.1. The molecule has 0 fully saturated rings. The minimum Gasteiger partial charge on any atom is -0.309 e. The standard InChI is InChI=1S/C17H30FN3/c1-5-19-17(15-10-7-8-11-16(15)18)14-21(6-2)13-9-12-20(3)4/h7-8,10-11,17,19H,5-6,9,12-14H2,1-4H3. The van der Waals surface area contributed by atoms with Crippen molar-refractivity contribution in [3.63, 3.8) is 0 Å². The molecule has 1 rings (SSSR count). The maximum atomic E-state index is 14.0. The van der Waals surface area contributed by atoms with Gasteiger partial charge >= 0.3 is 0 Å². The summed E-state index contributed by atoms with van der Waals surface area (Å²) in [5, 5.41) is 3.41. The van der Waals surface area contributed by atoms with Crippen molar-refractivity contribution in [2.24, 2.45) is 0 Å². The molecule has 0 aliphatic carbocycles. The molecule has 0 saturated heterocycles. The molecule has 1 aromatic rings. The van der Waals surface area contributed by atoms with Crippen LogP contribution in [0.4, 0.5) is 4.39 Å². The van der Waals surface area contributed by atoms with Crippen LogP contribution in [0.5, 0.6) is 0 Å². The summed E-state index contributed by atoms with van der Waals surface area (Å²) in [5.41, 5.74) is 0.769. The Morgan fingerprint density at radius 3 is 2.43 bits per heavy atom. The fraction of sp³-hybridized carbons (Fsp3) is 0.647. The Hall–Kier alpha value is -0.970. The van der Waals surface area contributed by atoms with Gasteiger partial charge in [-0.3, -0.25) is 0 Å². The molecule has 0 bridgehead atoms. The first-order chi connectivity index (χ1) is 10.1. The van der Waals surface area contributed by atoms with Crippen molar-refractivity contribution in [3.05, 3.63) is 35.6 Å². The third-order valence-electron chi connectivity index (χ3n) is 3.70. The fourth-order valence-corrected chi connectivity index (χ4v) is 2.52. The van der Waals surface area contributed by atoms with Gasteiger partial charge in [0, 0.05) is 18.2 Å². The summed E-state index contributed by atoms with van der Waals surface area (Å²) < 4.78 is 14.0. The molecule has 0 saturated carbocycles. The normalized spacial score (nSPS) is 13.1. The van der Waals surface area contributed by atoms with Crippen molar-refractivity contribution in [1.29, 1.82) is 0 Å². The van der Waals surface area contributed by atoms with E-state index in [-0.39, 0.29) is 11.9 Å². The van der Waals surface area contributed by atoms with Crippen LogP contribution < -0.4 is 5.32 Å². The Morgan fingerprint density at radius 2 is 1.86 bits per heavy atom. The first-order valence-corrected chi connectivity index (χ1v) is 7.93. The number of hydrogen-bond donors (Lipinski definition) is 1. The molecular formula is C17H30FN3. The largest absolute Gasteiger partial charge is 0.309 e. The number of nitrogens with one attached hydrogen (secondary N) is 1. The van der Waals surface area contributed by atoms with E-state index in [0.29, 0.717) is 0 Å². The number of hydrogen-bond acceptors (Lipinski definition) is 3. The summed E-state index contributed by atoms with van der Waals surface area (Å²) in [5.74, 6) is -0.118. The van der Waals surface area contributed by atoms with E-state index in [1.807, 2.05) is 12.1 Å². The summed E-state index contributed by atoms with van der Waals surface area (Å²) in [6.07, 6.45) is 1.14. The highest BCUT2D eigenvalue weighted by Gasteiger charge is 2.17. The lowest BCUT2D eigenvalue weighted by Crippen LogP contribution is -2.37. The van der Waals surface area contributed by atoms with Gasteiger partial charge < -0.3 is 15.1 Å². The van der Waals surface area contributed by atoms with E-state index in [2.05, 4.69) is 43.1 Å². The van der Waals surface area contributed by atoms with Crippen molar-refractivity contribution in [2.45, 2.75) is 26.3 Å². The predicted octanol–water partition coefficient (Wildman–Crippen LogP) is 2.75. The zero-order valence-electron chi connectivity index (χ0n) is 13.9. The maximum Gasteiger partial charge on any atom is 0.128 e. The van der Waals surface area contributed by atoms with Gasteiger partial charge in [-0.2, -0.15) is 0 Å². The van der Waals surface area contributed by atoms with Gasteiger partial charge in [-0.1, -0.05) is 32.0 Å². The molecule has 0 radical (unpaired) electrons. The molecule has 0 aliphatic rings. The molecule has 0 aliphatic heterocycles. The van der Waals surface area contributed by atoms with Gasteiger partial charge in [-0.25, -0.2) is 4.39 Å². The molecule has 4 heteroatoms. The van der Waals surface area contributed by atoms with Gasteiger partial charge in [0.2, 0.25) is 0 Å². The molecule has 3 nitrogen and oxygen atoms in total. The van der Waals surface area contributed by atoms with Crippen LogP contribution in [0, 0.1) is 5.82 Å². The Morgan fingerprint density at radius 1 is 1.14 bits per heavy atom. The zero-order chi connectivity index (χ0) is 15.7. The third kappa shape index (κ3) is 6.55. The lowest BCUT2D eigenvalue weighted by molar-refractivity contribution is 0.238. The maximum absolute atomic E-state index is 14.0. The zero-order valence-corrected chi connectivity index (χ0v) is 13.9. The van der Waals surface area contributed by atoms with E-state index >= 15 is 0 Å². The highest BCUT2D eigenvalue weighted by Crippen LogP contribution is 2.18. The van der Waals surface area contributed by atoms with Gasteiger partial charge in [-0.15, -0.1) is 0 Å². The third-order valence-corrected chi connectivity index (χ3v) is 3.70. The molecule has 0 aromatic heterocycles. The second-order valence-electron chi connectivity index (χ2n) is 5.68. The van der Waals surface area contributed by atoms with Crippen LogP contribution in [0.3, 0.4) is 0 Å². The monoisotopic (exact) mass is 295 g/mol. The van der Waals surface area contributed by atoms with Gasteiger partial charge in [0.15, 0.2) is 0 Å². The lowest BCUT2D eigenvalue weighted by Gasteiger charge is -2.28. The van der Waals surface area contributed by atoms with Gasteiger partial charge in [-0.05, 0) is 52.8 Å². The van der Waals surface area contributed by atoms with Crippen molar-refractivity contribution < 1.29 is 4.39 Å². The Balaban J connectivity index is 2.65. The van der Waals surface area contributed by atoms with Crippen molar-refractivity contribution in [1.82, 2.24) is 15.1 Å². The summed E-state index contributed by atoms with van der Waals surface area (Å²) in [6, 6.07) is 7.13. The van der Waals surface area contributed by atoms with Gasteiger partial charge in [0.05, 0.1) is 0 Å². The van der Waals surface area contributed by atoms with E-state index in [1.165, 1.54) is 0 Å². The van der Waals surface area contributed by atoms with E-state index in [4.69, 9.17) is 0 Å². The molecule has 0 spiro atoms. The molecule has 120 valence electrons. The Labute approximate surface area is 129 Å². The lowest BCUT2D eigenvalue weighted by atomic mass is 10.1. The second kappa shape index (κ2) is 9.87. The second-order valence-corrected chi connectivity index (χ2v) is 5.68. The van der Waals surface area contributed by atoms with Crippen LogP contribution in [-0.4, -0.2) is 56.6 Å². The van der Waals surface area contributed by atoms with E-state index in [9.17, 15) is 4.39 Å². The molecule has 21 heavy (non-hydrogen) atoms. The first kappa shape index (κ1) is 18.1. The molecule has 0 heterocycles. The highest BCUT2D eigenvalue weighted by molar-refractivity contribution is 5.21. The SMILES string of the molecule is CCNC(CN(CC)CCCN(C)C)c1ccccc1F. The van der Waals surface area contributed by atoms with Crippen molar-refractivity contribution in [2.75, 3.05) is 46.8 Å². The average molecular weight is 295 g/mol. The minimum absolute atomic E-state index is 0.0514. The average Bonchev–Trinajstić information content (AvgIpc) is 2.45. The van der Waals surface area contributed by atoms with Crippen molar-refractivity contribution >= 4 is 0 Å². The van der Waals surface area contributed by atoms with Crippen LogP contribution in [0.2, 0.25) is 0 Å². The molecule has 1 aromatic carbocycles. The summed E-state index contributed by atoms with van der Waals surface area (Å²) >= 11 is 0. The topological polar surface area (TPSA) is 18.5 Å². The van der Waals surface area contributed by atoms with Gasteiger partial charge in [0.1, 0.15) is 5.82 Å². The van der Waals surface area contributed by atoms with E-state index < -0.39 is 0 Å². The minimum atomic E-state index is -0.118. The molecule has 1 N–H and O–H groups in total. The summed E-state index contributed by atoms with van der Waals surface area (Å²) in [4.78, 5) is 4.59. The fourth-order valence-electron chi connectivity index (χ4n) is 2.52. The molecule has 1 unspecified atom stereocenters. The predicted molar refractivity (Wildman–Crippen MR) is 88.1 cm³/mol. The van der Waals surface area contributed by atoms with Crippen LogP contribution in [-0.2, 0) is 0 Å². The summed E-state index contributed by atoms with van der Waals surface area (Å²) in [6.45, 7) is 9.04. The number of rotatable bonds is 10. The van der Waals surface area contributed by atoms with Crippen molar-refractivity contribution in [3.8, 4) is 0 Å². The number of halogens is 1. The Kier molecular flexibility index (Phi) is 8.50. The number of likely N-dealkylation sites (N-methyl/N-ethyl adjacent to an activating group) is 2. The first-order valence-electron chi connectivity index (χ1n) is 7.93.